The average Bonchev–Trinajstić information content (AvgIpc) is 3.17. The van der Waals surface area contributed by atoms with Crippen LogP contribution >= 0.6 is 11.6 Å². The molecule has 0 N–H and O–H groups in total. The summed E-state index contributed by atoms with van der Waals surface area (Å²) in [5.74, 6) is -0.817. The van der Waals surface area contributed by atoms with Gasteiger partial charge in [-0.3, -0.25) is 4.79 Å². The van der Waals surface area contributed by atoms with Crippen LogP contribution in [0.2, 0.25) is 5.02 Å². The molecular weight excluding hydrogens is 476 g/mol. The van der Waals surface area contributed by atoms with Crippen LogP contribution in [-0.4, -0.2) is 37.3 Å². The highest BCUT2D eigenvalue weighted by Gasteiger charge is 2.38. The lowest BCUT2D eigenvalue weighted by Gasteiger charge is -2.33. The summed E-state index contributed by atoms with van der Waals surface area (Å²) in [5.41, 5.74) is -1.77. The Labute approximate surface area is 187 Å². The smallest absolute Gasteiger partial charge is 0.330 e. The Balaban J connectivity index is 1.66. The monoisotopic (exact) mass is 489 g/mol. The molecule has 1 aromatic carbocycles. The maximum Gasteiger partial charge on any atom is 0.433 e. The lowest BCUT2D eigenvalue weighted by molar-refractivity contribution is -0.141. The van der Waals surface area contributed by atoms with E-state index in [-0.39, 0.29) is 24.3 Å². The molecule has 2 aromatic heterocycles. The molecule has 0 radical (unpaired) electrons. The summed E-state index contributed by atoms with van der Waals surface area (Å²) in [6.07, 6.45) is -9.22. The predicted molar refractivity (Wildman–Crippen MR) is 104 cm³/mol. The highest BCUT2D eigenvalue weighted by Crippen LogP contribution is 2.38. The molecule has 0 spiro atoms. The molecule has 0 aliphatic carbocycles. The summed E-state index contributed by atoms with van der Waals surface area (Å²) in [6, 6.07) is 5.72. The van der Waals surface area contributed by atoms with E-state index >= 15 is 0 Å². The number of rotatable bonds is 2. The Bertz CT molecular complexity index is 1220. The number of fused-ring (bicyclic) bond motifs is 1. The minimum absolute atomic E-state index is 0.0614. The van der Waals surface area contributed by atoms with Crippen molar-refractivity contribution in [3.05, 3.63) is 69.6 Å². The fourth-order valence-electron chi connectivity index (χ4n) is 3.67. The summed E-state index contributed by atoms with van der Waals surface area (Å²) in [4.78, 5) is 17.9. The molecule has 0 bridgehead atoms. The number of benzene rings is 1. The third kappa shape index (κ3) is 4.14. The van der Waals surface area contributed by atoms with Crippen molar-refractivity contribution in [3.8, 4) is 5.82 Å². The van der Waals surface area contributed by atoms with Gasteiger partial charge in [0.1, 0.15) is 11.4 Å². The first-order valence-corrected chi connectivity index (χ1v) is 9.93. The van der Waals surface area contributed by atoms with Crippen molar-refractivity contribution >= 4 is 17.5 Å². The number of nitrogens with zero attached hydrogens (tertiary/aromatic N) is 5. The lowest BCUT2D eigenvalue weighted by atomic mass is 10.0. The summed E-state index contributed by atoms with van der Waals surface area (Å²) in [6.45, 7) is 1.65. The molecule has 3 aromatic rings. The van der Waals surface area contributed by atoms with E-state index in [1.165, 1.54) is 27.8 Å². The van der Waals surface area contributed by atoms with Crippen LogP contribution in [0.15, 0.2) is 36.4 Å². The maximum absolute atomic E-state index is 13.2. The van der Waals surface area contributed by atoms with Crippen molar-refractivity contribution < 1.29 is 31.1 Å². The van der Waals surface area contributed by atoms with Gasteiger partial charge in [-0.05, 0) is 31.2 Å². The van der Waals surface area contributed by atoms with Crippen LogP contribution in [0.1, 0.15) is 46.0 Å². The second kappa shape index (κ2) is 8.01. The molecule has 3 heterocycles. The van der Waals surface area contributed by atoms with E-state index in [0.717, 1.165) is 18.2 Å². The number of aromatic nitrogens is 4. The molecule has 13 heteroatoms. The normalized spacial score (nSPS) is 16.6. The van der Waals surface area contributed by atoms with Crippen LogP contribution in [-0.2, 0) is 18.8 Å². The van der Waals surface area contributed by atoms with Crippen LogP contribution in [0.5, 0.6) is 0 Å². The van der Waals surface area contributed by atoms with Gasteiger partial charge >= 0.3 is 12.4 Å². The molecule has 0 saturated carbocycles. The predicted octanol–water partition coefficient (Wildman–Crippen LogP) is 5.11. The summed E-state index contributed by atoms with van der Waals surface area (Å²) in [7, 11) is 0. The number of hydrogen-bond acceptors (Lipinski definition) is 4. The summed E-state index contributed by atoms with van der Waals surface area (Å²) >= 11 is 5.89. The second-order valence-corrected chi connectivity index (χ2v) is 7.68. The molecule has 174 valence electrons. The molecular formula is C20H14ClF6N5O. The van der Waals surface area contributed by atoms with Crippen LogP contribution in [0.25, 0.3) is 5.82 Å². The first-order valence-electron chi connectivity index (χ1n) is 9.55. The van der Waals surface area contributed by atoms with E-state index in [0.29, 0.717) is 11.4 Å². The molecule has 4 rings (SSSR count). The molecule has 1 amide bonds. The molecule has 0 unspecified atom stereocenters. The van der Waals surface area contributed by atoms with Crippen LogP contribution in [0, 0.1) is 0 Å². The first kappa shape index (κ1) is 23.0. The lowest BCUT2D eigenvalue weighted by Crippen LogP contribution is -2.39. The Hall–Kier alpha value is -3.15. The average molecular weight is 490 g/mol. The Morgan fingerprint density at radius 1 is 1.06 bits per heavy atom. The largest absolute Gasteiger partial charge is 0.433 e. The van der Waals surface area contributed by atoms with Gasteiger partial charge in [-0.15, -0.1) is 5.10 Å². The van der Waals surface area contributed by atoms with Crippen molar-refractivity contribution in [1.29, 1.82) is 0 Å². The first-order chi connectivity index (χ1) is 15.4. The highest BCUT2D eigenvalue weighted by molar-refractivity contribution is 6.34. The van der Waals surface area contributed by atoms with Crippen molar-refractivity contribution in [3.63, 3.8) is 0 Å². The van der Waals surface area contributed by atoms with Gasteiger partial charge in [0.15, 0.2) is 5.82 Å². The second-order valence-electron chi connectivity index (χ2n) is 7.30. The minimum Gasteiger partial charge on any atom is -0.330 e. The molecule has 6 nitrogen and oxygen atoms in total. The third-order valence-electron chi connectivity index (χ3n) is 5.28. The Kier molecular flexibility index (Phi) is 5.59. The van der Waals surface area contributed by atoms with Gasteiger partial charge in [-0.2, -0.15) is 31.0 Å². The van der Waals surface area contributed by atoms with Gasteiger partial charge < -0.3 is 4.90 Å². The Morgan fingerprint density at radius 3 is 2.42 bits per heavy atom. The number of alkyl halides is 6. The van der Waals surface area contributed by atoms with E-state index in [1.54, 1.807) is 6.92 Å². The molecule has 33 heavy (non-hydrogen) atoms. The van der Waals surface area contributed by atoms with Gasteiger partial charge in [-0.1, -0.05) is 28.9 Å². The van der Waals surface area contributed by atoms with Crippen LogP contribution in [0.3, 0.4) is 0 Å². The molecule has 1 atom stereocenters. The van der Waals surface area contributed by atoms with E-state index in [4.69, 9.17) is 11.6 Å². The van der Waals surface area contributed by atoms with Gasteiger partial charge in [0, 0.05) is 13.0 Å². The zero-order valence-corrected chi connectivity index (χ0v) is 17.5. The standard InChI is InChI=1S/C20H14ClF6N5O/c1-10-17-13(32(30-29-17)15-7-3-6-14(28-15)20(25,26)27)8-9-31(10)18(33)11-4-2-5-12(16(11)21)19(22,23)24/h2-7,10H,8-9H2,1H3/t10-/m0/s1. The van der Waals surface area contributed by atoms with E-state index < -0.39 is 40.6 Å². The number of hydrogen-bond donors (Lipinski definition) is 0. The van der Waals surface area contributed by atoms with E-state index in [2.05, 4.69) is 15.3 Å². The van der Waals surface area contributed by atoms with Crippen molar-refractivity contribution in [2.45, 2.75) is 31.7 Å². The quantitative estimate of drug-likeness (QED) is 0.469. The molecule has 0 saturated heterocycles. The van der Waals surface area contributed by atoms with E-state index in [1.807, 2.05) is 0 Å². The fraction of sp³-hybridized carbons (Fsp3) is 0.300. The number of carbonyl (C=O) groups excluding carboxylic acids is 1. The zero-order chi connectivity index (χ0) is 24.1. The molecule has 0 fully saturated rings. The van der Waals surface area contributed by atoms with Crippen molar-refractivity contribution in [1.82, 2.24) is 24.9 Å². The van der Waals surface area contributed by atoms with Gasteiger partial charge in [0.25, 0.3) is 5.91 Å². The SMILES string of the molecule is C[C@H]1c2nnn(-c3cccc(C(F)(F)F)n3)c2CCN1C(=O)c1cccc(C(F)(F)F)c1Cl. The van der Waals surface area contributed by atoms with Crippen molar-refractivity contribution in [2.75, 3.05) is 6.54 Å². The van der Waals surface area contributed by atoms with Crippen LogP contribution < -0.4 is 0 Å². The van der Waals surface area contributed by atoms with Gasteiger partial charge in [-0.25, -0.2) is 4.98 Å². The summed E-state index contributed by atoms with van der Waals surface area (Å²) < 4.78 is 79.7. The number of pyridine rings is 1. The maximum atomic E-state index is 13.2. The molecule has 1 aliphatic heterocycles. The van der Waals surface area contributed by atoms with E-state index in [9.17, 15) is 31.1 Å². The highest BCUT2D eigenvalue weighted by atomic mass is 35.5. The number of amides is 1. The molecule has 1 aliphatic rings. The van der Waals surface area contributed by atoms with Gasteiger partial charge in [0.2, 0.25) is 0 Å². The fourth-order valence-corrected chi connectivity index (χ4v) is 3.98. The number of halogens is 7. The topological polar surface area (TPSA) is 63.9 Å². The zero-order valence-electron chi connectivity index (χ0n) is 16.7. The van der Waals surface area contributed by atoms with Crippen molar-refractivity contribution in [2.24, 2.45) is 0 Å². The number of carbonyl (C=O) groups is 1. The summed E-state index contributed by atoms with van der Waals surface area (Å²) in [5, 5.41) is 7.19. The minimum atomic E-state index is -4.73. The third-order valence-corrected chi connectivity index (χ3v) is 5.69. The Morgan fingerprint density at radius 2 is 1.76 bits per heavy atom. The van der Waals surface area contributed by atoms with Gasteiger partial charge in [0.05, 0.1) is 27.9 Å². The van der Waals surface area contributed by atoms with Crippen LogP contribution in [0.4, 0.5) is 26.3 Å².